The molecule has 0 aliphatic heterocycles. The summed E-state index contributed by atoms with van der Waals surface area (Å²) in [6.45, 7) is 3.46. The van der Waals surface area contributed by atoms with Gasteiger partial charge in [0, 0.05) is 12.5 Å². The Hall–Kier alpha value is -2.03. The minimum Gasteiger partial charge on any atom is -0.467 e. The largest absolute Gasteiger partial charge is 0.467 e. The summed E-state index contributed by atoms with van der Waals surface area (Å²) in [5.41, 5.74) is 1.17. The maximum atomic E-state index is 13.2. The van der Waals surface area contributed by atoms with Crippen molar-refractivity contribution in [3.8, 4) is 0 Å². The SMILES string of the molecule is CCCCC1CCC(C(=O)N(Cc2ccccc2)Cc2ccco2)CC1. The van der Waals surface area contributed by atoms with E-state index in [1.54, 1.807) is 6.26 Å². The van der Waals surface area contributed by atoms with Gasteiger partial charge >= 0.3 is 0 Å². The van der Waals surface area contributed by atoms with Crippen LogP contribution in [0.5, 0.6) is 0 Å². The fraction of sp³-hybridized carbons (Fsp3) is 0.522. The molecule has 3 nitrogen and oxygen atoms in total. The van der Waals surface area contributed by atoms with E-state index in [1.165, 1.54) is 37.7 Å². The highest BCUT2D eigenvalue weighted by Crippen LogP contribution is 2.33. The number of furan rings is 1. The summed E-state index contributed by atoms with van der Waals surface area (Å²) in [6.07, 6.45) is 10.1. The summed E-state index contributed by atoms with van der Waals surface area (Å²) in [4.78, 5) is 15.2. The van der Waals surface area contributed by atoms with E-state index < -0.39 is 0 Å². The topological polar surface area (TPSA) is 33.5 Å². The number of amides is 1. The summed E-state index contributed by atoms with van der Waals surface area (Å²) < 4.78 is 5.51. The first kappa shape index (κ1) is 18.8. The molecule has 1 aliphatic carbocycles. The van der Waals surface area contributed by atoms with Crippen molar-refractivity contribution in [1.29, 1.82) is 0 Å². The standard InChI is InChI=1S/C23H31NO2/c1-2-3-8-19-12-14-21(15-13-19)23(25)24(18-22-11-7-16-26-22)17-20-9-5-4-6-10-20/h4-7,9-11,16,19,21H,2-3,8,12-15,17-18H2,1H3. The van der Waals surface area contributed by atoms with Crippen LogP contribution in [0.1, 0.15) is 63.2 Å². The third-order valence-electron chi connectivity index (χ3n) is 5.62. The van der Waals surface area contributed by atoms with E-state index in [4.69, 9.17) is 4.42 Å². The third kappa shape index (κ3) is 5.23. The maximum Gasteiger partial charge on any atom is 0.226 e. The van der Waals surface area contributed by atoms with Crippen LogP contribution in [-0.4, -0.2) is 10.8 Å². The second-order valence-electron chi connectivity index (χ2n) is 7.62. The molecule has 0 bridgehead atoms. The lowest BCUT2D eigenvalue weighted by atomic mass is 9.79. The molecule has 0 radical (unpaired) electrons. The minimum atomic E-state index is 0.173. The Labute approximate surface area is 157 Å². The Kier molecular flexibility index (Phi) is 6.93. The lowest BCUT2D eigenvalue weighted by Crippen LogP contribution is -2.37. The fourth-order valence-electron chi connectivity index (χ4n) is 4.06. The zero-order chi connectivity index (χ0) is 18.2. The number of nitrogens with zero attached hydrogens (tertiary/aromatic N) is 1. The average Bonchev–Trinajstić information content (AvgIpc) is 3.20. The zero-order valence-corrected chi connectivity index (χ0v) is 15.9. The van der Waals surface area contributed by atoms with E-state index in [0.717, 1.165) is 24.5 Å². The number of unbranched alkanes of at least 4 members (excludes halogenated alkanes) is 1. The van der Waals surface area contributed by atoms with E-state index in [0.29, 0.717) is 19.0 Å². The molecule has 1 saturated carbocycles. The van der Waals surface area contributed by atoms with E-state index in [9.17, 15) is 4.79 Å². The van der Waals surface area contributed by atoms with Gasteiger partial charge in [0.2, 0.25) is 5.91 Å². The second-order valence-corrected chi connectivity index (χ2v) is 7.62. The van der Waals surface area contributed by atoms with Crippen molar-refractivity contribution in [2.24, 2.45) is 11.8 Å². The lowest BCUT2D eigenvalue weighted by Gasteiger charge is -2.32. The fourth-order valence-corrected chi connectivity index (χ4v) is 4.06. The first-order chi connectivity index (χ1) is 12.8. The zero-order valence-electron chi connectivity index (χ0n) is 15.9. The molecule has 1 fully saturated rings. The highest BCUT2D eigenvalue weighted by molar-refractivity contribution is 5.78. The van der Waals surface area contributed by atoms with Crippen LogP contribution in [0.2, 0.25) is 0 Å². The Bertz CT molecular complexity index is 642. The molecule has 1 aromatic heterocycles. The van der Waals surface area contributed by atoms with Crippen molar-refractivity contribution in [3.63, 3.8) is 0 Å². The van der Waals surface area contributed by atoms with Gasteiger partial charge < -0.3 is 9.32 Å². The molecule has 0 spiro atoms. The molecule has 140 valence electrons. The van der Waals surface area contributed by atoms with Gasteiger partial charge in [0.1, 0.15) is 5.76 Å². The number of rotatable bonds is 8. The van der Waals surface area contributed by atoms with Crippen LogP contribution < -0.4 is 0 Å². The van der Waals surface area contributed by atoms with Gasteiger partial charge in [-0.05, 0) is 49.3 Å². The normalized spacial score (nSPS) is 20.0. The van der Waals surface area contributed by atoms with Crippen molar-refractivity contribution in [3.05, 3.63) is 60.1 Å². The average molecular weight is 354 g/mol. The van der Waals surface area contributed by atoms with Gasteiger partial charge in [-0.3, -0.25) is 4.79 Å². The smallest absolute Gasteiger partial charge is 0.226 e. The molecule has 1 heterocycles. The lowest BCUT2D eigenvalue weighted by molar-refractivity contribution is -0.138. The van der Waals surface area contributed by atoms with Crippen LogP contribution in [0.15, 0.2) is 53.1 Å². The summed E-state index contributed by atoms with van der Waals surface area (Å²) >= 11 is 0. The molecule has 26 heavy (non-hydrogen) atoms. The first-order valence-corrected chi connectivity index (χ1v) is 10.1. The van der Waals surface area contributed by atoms with E-state index in [2.05, 4.69) is 19.1 Å². The van der Waals surface area contributed by atoms with Gasteiger partial charge in [-0.1, -0.05) is 56.5 Å². The molecule has 3 rings (SSSR count). The van der Waals surface area contributed by atoms with Crippen LogP contribution in [0.4, 0.5) is 0 Å². The van der Waals surface area contributed by atoms with Crippen LogP contribution in [0.25, 0.3) is 0 Å². The number of hydrogen-bond acceptors (Lipinski definition) is 2. The molecule has 1 aromatic carbocycles. The molecule has 3 heteroatoms. The molecule has 2 aromatic rings. The number of hydrogen-bond donors (Lipinski definition) is 0. The molecule has 0 saturated heterocycles. The molecule has 0 unspecified atom stereocenters. The van der Waals surface area contributed by atoms with E-state index >= 15 is 0 Å². The minimum absolute atomic E-state index is 0.173. The maximum absolute atomic E-state index is 13.2. The molecule has 0 N–H and O–H groups in total. The summed E-state index contributed by atoms with van der Waals surface area (Å²) in [6, 6.07) is 14.1. The highest BCUT2D eigenvalue weighted by atomic mass is 16.3. The first-order valence-electron chi connectivity index (χ1n) is 10.1. The Balaban J connectivity index is 1.63. The molecular formula is C23H31NO2. The quantitative estimate of drug-likeness (QED) is 0.600. The van der Waals surface area contributed by atoms with Gasteiger partial charge in [0.25, 0.3) is 0 Å². The molecular weight excluding hydrogens is 322 g/mol. The predicted molar refractivity (Wildman–Crippen MR) is 104 cm³/mol. The number of carbonyl (C=O) groups excluding carboxylic acids is 1. The van der Waals surface area contributed by atoms with Crippen LogP contribution in [-0.2, 0) is 17.9 Å². The van der Waals surface area contributed by atoms with Crippen molar-refractivity contribution in [2.45, 2.75) is 65.0 Å². The second kappa shape index (κ2) is 9.61. The van der Waals surface area contributed by atoms with E-state index in [-0.39, 0.29) is 5.92 Å². The predicted octanol–water partition coefficient (Wildman–Crippen LogP) is 5.81. The summed E-state index contributed by atoms with van der Waals surface area (Å²) in [5, 5.41) is 0. The Morgan fingerprint density at radius 3 is 2.46 bits per heavy atom. The summed E-state index contributed by atoms with van der Waals surface area (Å²) in [7, 11) is 0. The molecule has 1 aliphatic rings. The van der Waals surface area contributed by atoms with Crippen molar-refractivity contribution < 1.29 is 9.21 Å². The summed E-state index contributed by atoms with van der Waals surface area (Å²) in [5.74, 6) is 2.14. The van der Waals surface area contributed by atoms with Gasteiger partial charge in [-0.15, -0.1) is 0 Å². The molecule has 1 amide bonds. The van der Waals surface area contributed by atoms with Crippen LogP contribution >= 0.6 is 0 Å². The van der Waals surface area contributed by atoms with Crippen LogP contribution in [0, 0.1) is 11.8 Å². The van der Waals surface area contributed by atoms with E-state index in [1.807, 2.05) is 35.2 Å². The van der Waals surface area contributed by atoms with Crippen molar-refractivity contribution in [2.75, 3.05) is 0 Å². The van der Waals surface area contributed by atoms with Crippen molar-refractivity contribution in [1.82, 2.24) is 4.90 Å². The van der Waals surface area contributed by atoms with Crippen molar-refractivity contribution >= 4 is 5.91 Å². The third-order valence-corrected chi connectivity index (χ3v) is 5.62. The van der Waals surface area contributed by atoms with Crippen LogP contribution in [0.3, 0.4) is 0 Å². The molecule has 0 atom stereocenters. The Morgan fingerprint density at radius 1 is 1.04 bits per heavy atom. The Morgan fingerprint density at radius 2 is 1.81 bits per heavy atom. The monoisotopic (exact) mass is 353 g/mol. The van der Waals surface area contributed by atoms with Gasteiger partial charge in [0.05, 0.1) is 12.8 Å². The van der Waals surface area contributed by atoms with Gasteiger partial charge in [0.15, 0.2) is 0 Å². The van der Waals surface area contributed by atoms with Gasteiger partial charge in [-0.25, -0.2) is 0 Å². The number of benzene rings is 1. The highest BCUT2D eigenvalue weighted by Gasteiger charge is 2.29. The number of carbonyl (C=O) groups is 1. The van der Waals surface area contributed by atoms with Gasteiger partial charge in [-0.2, -0.15) is 0 Å².